The maximum Gasteiger partial charge on any atom is 0.490 e. The summed E-state index contributed by atoms with van der Waals surface area (Å²) < 4.78 is 60.4. The van der Waals surface area contributed by atoms with Gasteiger partial charge in [-0.3, -0.25) is 4.79 Å². The molecule has 1 aromatic carbocycles. The maximum atomic E-state index is 13.6. The number of hydrogen-bond donors (Lipinski definition) is 2. The van der Waals surface area contributed by atoms with Crippen molar-refractivity contribution in [3.63, 3.8) is 0 Å². The Morgan fingerprint density at radius 3 is 2.06 bits per heavy atom. The van der Waals surface area contributed by atoms with Crippen LogP contribution in [0.4, 0.5) is 13.2 Å². The molecule has 2 N–H and O–H groups in total. The van der Waals surface area contributed by atoms with Gasteiger partial charge in [0.05, 0.1) is 11.4 Å². The van der Waals surface area contributed by atoms with E-state index in [4.69, 9.17) is 9.90 Å². The molecule has 1 saturated heterocycles. The standard InChI is InChI=1S/C20H31N3O3S.C2HF3O2/c1-15-12-17(3)19(13-16(15)2)27(25,26)23(18-6-4-5-7-18)14-20(24)22-10-8-21-9-11-22;3-2(4,5)1(6)7/h12-13,18,21H,4-11,14H2,1-3H3;(H,6,7). The van der Waals surface area contributed by atoms with Crippen LogP contribution in [-0.2, 0) is 19.6 Å². The second kappa shape index (κ2) is 11.5. The topological polar surface area (TPSA) is 107 Å². The molecule has 0 spiro atoms. The van der Waals surface area contributed by atoms with Gasteiger partial charge in [-0.05, 0) is 56.4 Å². The number of rotatable bonds is 5. The molecule has 12 heteroatoms. The summed E-state index contributed by atoms with van der Waals surface area (Å²) in [5.41, 5.74) is 2.78. The molecule has 0 bridgehead atoms. The van der Waals surface area contributed by atoms with Crippen LogP contribution >= 0.6 is 0 Å². The lowest BCUT2D eigenvalue weighted by Gasteiger charge is -2.33. The zero-order valence-electron chi connectivity index (χ0n) is 19.6. The fourth-order valence-electron chi connectivity index (χ4n) is 4.09. The predicted octanol–water partition coefficient (Wildman–Crippen LogP) is 2.61. The highest BCUT2D eigenvalue weighted by Crippen LogP contribution is 2.31. The SMILES string of the molecule is Cc1cc(C)c(S(=O)(=O)N(CC(=O)N2CCNCC2)C2CCCC2)cc1C.O=C(O)C(F)(F)F. The Morgan fingerprint density at radius 2 is 1.56 bits per heavy atom. The third-order valence-corrected chi connectivity index (χ3v) is 8.15. The minimum atomic E-state index is -5.08. The summed E-state index contributed by atoms with van der Waals surface area (Å²) in [5.74, 6) is -2.85. The number of halogens is 3. The van der Waals surface area contributed by atoms with Gasteiger partial charge in [-0.15, -0.1) is 0 Å². The first-order chi connectivity index (χ1) is 15.7. The molecule has 34 heavy (non-hydrogen) atoms. The third-order valence-electron chi connectivity index (χ3n) is 6.11. The molecular formula is C22H32F3N3O5S. The van der Waals surface area contributed by atoms with Crippen molar-refractivity contribution in [2.24, 2.45) is 0 Å². The molecule has 2 fully saturated rings. The van der Waals surface area contributed by atoms with Gasteiger partial charge in [0.1, 0.15) is 0 Å². The van der Waals surface area contributed by atoms with E-state index in [-0.39, 0.29) is 18.5 Å². The lowest BCUT2D eigenvalue weighted by atomic mass is 10.1. The number of sulfonamides is 1. The molecule has 0 radical (unpaired) electrons. The summed E-state index contributed by atoms with van der Waals surface area (Å²) in [7, 11) is -3.72. The van der Waals surface area contributed by atoms with E-state index in [0.29, 0.717) is 18.0 Å². The Balaban J connectivity index is 0.000000509. The Kier molecular flexibility index (Phi) is 9.49. The molecule has 0 atom stereocenters. The molecule has 1 saturated carbocycles. The van der Waals surface area contributed by atoms with Crippen LogP contribution in [-0.4, -0.2) is 79.5 Å². The fraction of sp³-hybridized carbons (Fsp3) is 0.636. The first-order valence-electron chi connectivity index (χ1n) is 11.1. The molecule has 1 aliphatic heterocycles. The molecular weight excluding hydrogens is 475 g/mol. The lowest BCUT2D eigenvalue weighted by Crippen LogP contribution is -2.51. The van der Waals surface area contributed by atoms with E-state index in [2.05, 4.69) is 5.32 Å². The van der Waals surface area contributed by atoms with Crippen molar-refractivity contribution in [1.29, 1.82) is 0 Å². The van der Waals surface area contributed by atoms with Crippen molar-refractivity contribution in [2.75, 3.05) is 32.7 Å². The number of carboxylic acids is 1. The van der Waals surface area contributed by atoms with E-state index in [1.54, 1.807) is 11.0 Å². The molecule has 1 amide bonds. The minimum absolute atomic E-state index is 0.0562. The first-order valence-corrected chi connectivity index (χ1v) is 12.6. The van der Waals surface area contributed by atoms with E-state index >= 15 is 0 Å². The zero-order chi connectivity index (χ0) is 25.7. The molecule has 0 unspecified atom stereocenters. The number of benzene rings is 1. The summed E-state index contributed by atoms with van der Waals surface area (Å²) >= 11 is 0. The molecule has 1 heterocycles. The third kappa shape index (κ3) is 7.16. The first kappa shape index (κ1) is 28.1. The molecule has 3 rings (SSSR count). The number of aryl methyl sites for hydroxylation is 3. The van der Waals surface area contributed by atoms with Crippen LogP contribution < -0.4 is 5.32 Å². The number of piperazine rings is 1. The molecule has 1 aromatic rings. The van der Waals surface area contributed by atoms with Gasteiger partial charge in [-0.2, -0.15) is 17.5 Å². The van der Waals surface area contributed by atoms with Gasteiger partial charge in [0, 0.05) is 32.2 Å². The fourth-order valence-corrected chi connectivity index (χ4v) is 6.02. The highest BCUT2D eigenvalue weighted by atomic mass is 32.2. The van der Waals surface area contributed by atoms with Crippen LogP contribution in [0.3, 0.4) is 0 Å². The summed E-state index contributed by atoms with van der Waals surface area (Å²) in [6.45, 7) is 8.50. The number of carboxylic acid groups (broad SMARTS) is 1. The maximum absolute atomic E-state index is 13.6. The van der Waals surface area contributed by atoms with Crippen molar-refractivity contribution < 1.29 is 36.3 Å². The summed E-state index contributed by atoms with van der Waals surface area (Å²) in [6, 6.07) is 3.60. The van der Waals surface area contributed by atoms with Crippen LogP contribution in [0, 0.1) is 20.8 Å². The summed E-state index contributed by atoms with van der Waals surface area (Å²) in [6.07, 6.45) is -1.38. The van der Waals surface area contributed by atoms with Gasteiger partial charge < -0.3 is 15.3 Å². The highest BCUT2D eigenvalue weighted by molar-refractivity contribution is 7.89. The van der Waals surface area contributed by atoms with Gasteiger partial charge in [0.15, 0.2) is 0 Å². The quantitative estimate of drug-likeness (QED) is 0.635. The van der Waals surface area contributed by atoms with E-state index in [1.807, 2.05) is 26.8 Å². The number of carbonyl (C=O) groups is 2. The second-order valence-electron chi connectivity index (χ2n) is 8.62. The smallest absolute Gasteiger partial charge is 0.475 e. The van der Waals surface area contributed by atoms with Crippen molar-refractivity contribution in [3.05, 3.63) is 28.8 Å². The van der Waals surface area contributed by atoms with Gasteiger partial charge in [-0.25, -0.2) is 13.2 Å². The molecule has 0 aromatic heterocycles. The van der Waals surface area contributed by atoms with E-state index in [1.165, 1.54) is 4.31 Å². The van der Waals surface area contributed by atoms with E-state index < -0.39 is 22.2 Å². The van der Waals surface area contributed by atoms with Gasteiger partial charge >= 0.3 is 12.1 Å². The zero-order valence-corrected chi connectivity index (χ0v) is 20.4. The number of hydrogen-bond acceptors (Lipinski definition) is 5. The van der Waals surface area contributed by atoms with Crippen molar-refractivity contribution in [3.8, 4) is 0 Å². The van der Waals surface area contributed by atoms with Gasteiger partial charge in [-0.1, -0.05) is 18.9 Å². The number of amides is 1. The molecule has 1 aliphatic carbocycles. The Bertz CT molecular complexity index is 986. The highest BCUT2D eigenvalue weighted by Gasteiger charge is 2.38. The number of nitrogens with zero attached hydrogens (tertiary/aromatic N) is 2. The van der Waals surface area contributed by atoms with Gasteiger partial charge in [0.25, 0.3) is 0 Å². The number of carbonyl (C=O) groups excluding carboxylic acids is 1. The largest absolute Gasteiger partial charge is 0.490 e. The van der Waals surface area contributed by atoms with Crippen LogP contribution in [0.5, 0.6) is 0 Å². The van der Waals surface area contributed by atoms with Crippen LogP contribution in [0.2, 0.25) is 0 Å². The minimum Gasteiger partial charge on any atom is -0.475 e. The number of aliphatic carboxylic acids is 1. The van der Waals surface area contributed by atoms with Crippen molar-refractivity contribution >= 4 is 21.9 Å². The number of nitrogens with one attached hydrogen (secondary N) is 1. The molecule has 2 aliphatic rings. The monoisotopic (exact) mass is 507 g/mol. The number of alkyl halides is 3. The lowest BCUT2D eigenvalue weighted by molar-refractivity contribution is -0.192. The summed E-state index contributed by atoms with van der Waals surface area (Å²) in [4.78, 5) is 23.9. The van der Waals surface area contributed by atoms with E-state index in [9.17, 15) is 26.4 Å². The van der Waals surface area contributed by atoms with Crippen molar-refractivity contribution in [1.82, 2.24) is 14.5 Å². The van der Waals surface area contributed by atoms with Crippen LogP contribution in [0.15, 0.2) is 17.0 Å². The van der Waals surface area contributed by atoms with E-state index in [0.717, 1.165) is 55.5 Å². The second-order valence-corrected chi connectivity index (χ2v) is 10.5. The average molecular weight is 508 g/mol. The average Bonchev–Trinajstić information content (AvgIpc) is 3.29. The molecule has 8 nitrogen and oxygen atoms in total. The Hall–Kier alpha value is -2.18. The molecule has 192 valence electrons. The van der Waals surface area contributed by atoms with Crippen LogP contribution in [0.25, 0.3) is 0 Å². The van der Waals surface area contributed by atoms with Crippen molar-refractivity contribution in [2.45, 2.75) is 63.6 Å². The van der Waals surface area contributed by atoms with Gasteiger partial charge in [0.2, 0.25) is 15.9 Å². The van der Waals surface area contributed by atoms with Crippen LogP contribution in [0.1, 0.15) is 42.4 Å². The normalized spacial score (nSPS) is 17.4. The Labute approximate surface area is 198 Å². The predicted molar refractivity (Wildman–Crippen MR) is 120 cm³/mol. The Morgan fingerprint density at radius 1 is 1.06 bits per heavy atom. The summed E-state index contributed by atoms with van der Waals surface area (Å²) in [5, 5.41) is 10.4.